The van der Waals surface area contributed by atoms with Gasteiger partial charge in [-0.25, -0.2) is 0 Å². The summed E-state index contributed by atoms with van der Waals surface area (Å²) in [7, 11) is 1.24. The zero-order valence-corrected chi connectivity index (χ0v) is 14.7. The zero-order chi connectivity index (χ0) is 18.2. The van der Waals surface area contributed by atoms with E-state index in [4.69, 9.17) is 4.74 Å². The summed E-state index contributed by atoms with van der Waals surface area (Å²) in [6.45, 7) is 3.61. The minimum atomic E-state index is -0.546. The van der Waals surface area contributed by atoms with Gasteiger partial charge in [-0.15, -0.1) is 11.8 Å². The molecule has 0 radical (unpaired) electrons. The van der Waals surface area contributed by atoms with Crippen LogP contribution < -0.4 is 10.1 Å². The third kappa shape index (κ3) is 4.99. The molecule has 0 saturated carbocycles. The molecule has 0 aliphatic carbocycles. The van der Waals surface area contributed by atoms with Gasteiger partial charge in [0.25, 0.3) is 0 Å². The summed E-state index contributed by atoms with van der Waals surface area (Å²) in [6.07, 6.45) is 1.64. The highest BCUT2D eigenvalue weighted by Gasteiger charge is 2.35. The van der Waals surface area contributed by atoms with Gasteiger partial charge in [0.2, 0.25) is 11.8 Å². The van der Waals surface area contributed by atoms with Gasteiger partial charge in [0.05, 0.1) is 12.9 Å². The first-order valence-corrected chi connectivity index (χ1v) is 8.69. The van der Waals surface area contributed by atoms with Crippen molar-refractivity contribution < 1.29 is 23.9 Å². The Kier molecular flexibility index (Phi) is 6.88. The van der Waals surface area contributed by atoms with E-state index in [1.54, 1.807) is 6.08 Å². The van der Waals surface area contributed by atoms with Gasteiger partial charge in [-0.2, -0.15) is 0 Å². The fourth-order valence-electron chi connectivity index (χ4n) is 2.30. The highest BCUT2D eigenvalue weighted by atomic mass is 32.2. The molecule has 0 bridgehead atoms. The average molecular weight is 364 g/mol. The molecule has 1 unspecified atom stereocenters. The summed E-state index contributed by atoms with van der Waals surface area (Å²) >= 11 is 1.43. The van der Waals surface area contributed by atoms with Gasteiger partial charge in [-0.3, -0.25) is 14.4 Å². The van der Waals surface area contributed by atoms with Crippen LogP contribution in [0.2, 0.25) is 0 Å². The summed E-state index contributed by atoms with van der Waals surface area (Å²) in [6, 6.07) is 7.39. The zero-order valence-electron chi connectivity index (χ0n) is 13.9. The van der Waals surface area contributed by atoms with Crippen LogP contribution in [0, 0.1) is 0 Å². The van der Waals surface area contributed by atoms with E-state index in [0.717, 1.165) is 5.56 Å². The normalized spacial score (nSPS) is 16.4. The molecule has 8 heteroatoms. The number of nitrogens with zero attached hydrogens (tertiary/aromatic N) is 1. The maximum atomic E-state index is 12.2. The van der Waals surface area contributed by atoms with E-state index in [-0.39, 0.29) is 30.1 Å². The van der Waals surface area contributed by atoms with Crippen molar-refractivity contribution in [3.8, 4) is 5.75 Å². The fraction of sp³-hybridized carbons (Fsp3) is 0.353. The van der Waals surface area contributed by atoms with Crippen LogP contribution in [0.25, 0.3) is 0 Å². The van der Waals surface area contributed by atoms with Crippen LogP contribution >= 0.6 is 11.8 Å². The first-order valence-electron chi connectivity index (χ1n) is 7.64. The van der Waals surface area contributed by atoms with Crippen LogP contribution in [0.4, 0.5) is 0 Å². The molecule has 1 saturated heterocycles. The summed E-state index contributed by atoms with van der Waals surface area (Å²) in [4.78, 5) is 36.8. The van der Waals surface area contributed by atoms with Crippen LogP contribution in [0.3, 0.4) is 0 Å². The quantitative estimate of drug-likeness (QED) is 0.550. The Bertz CT molecular complexity index is 664. The lowest BCUT2D eigenvalue weighted by Gasteiger charge is -2.25. The Hall–Kier alpha value is -2.48. The molecule has 1 heterocycles. The number of hydrogen-bond acceptors (Lipinski definition) is 6. The Balaban J connectivity index is 2.10. The van der Waals surface area contributed by atoms with Crippen molar-refractivity contribution in [2.45, 2.75) is 5.37 Å². The molecule has 1 atom stereocenters. The fourth-order valence-corrected chi connectivity index (χ4v) is 3.51. The highest BCUT2D eigenvalue weighted by molar-refractivity contribution is 8.00. The van der Waals surface area contributed by atoms with E-state index < -0.39 is 11.9 Å². The number of amides is 2. The number of rotatable bonds is 8. The van der Waals surface area contributed by atoms with Gasteiger partial charge in [0.1, 0.15) is 30.8 Å². The lowest BCUT2D eigenvalue weighted by molar-refractivity contribution is -0.141. The SMILES string of the molecule is C=CCOc1ccccc1C1SCC(=O)N1CC(=O)NCC(=O)OC. The van der Waals surface area contributed by atoms with Gasteiger partial charge in [-0.05, 0) is 6.07 Å². The van der Waals surface area contributed by atoms with E-state index in [9.17, 15) is 14.4 Å². The first kappa shape index (κ1) is 18.9. The molecule has 25 heavy (non-hydrogen) atoms. The predicted octanol–water partition coefficient (Wildman–Crippen LogP) is 1.11. The summed E-state index contributed by atoms with van der Waals surface area (Å²) < 4.78 is 10.1. The number of para-hydroxylation sites is 1. The van der Waals surface area contributed by atoms with Crippen molar-refractivity contribution >= 4 is 29.5 Å². The Labute approximate surface area is 150 Å². The molecule has 0 aromatic heterocycles. The summed E-state index contributed by atoms with van der Waals surface area (Å²) in [5, 5.41) is 2.12. The standard InChI is InChI=1S/C17H20N2O5S/c1-3-8-24-13-7-5-4-6-12(13)17-19(15(21)11-25-17)10-14(20)18-9-16(22)23-2/h3-7,17H,1,8-11H2,2H3,(H,18,20). The van der Waals surface area contributed by atoms with Crippen LogP contribution in [0.5, 0.6) is 5.75 Å². The number of methoxy groups -OCH3 is 1. The lowest BCUT2D eigenvalue weighted by Crippen LogP contribution is -2.41. The van der Waals surface area contributed by atoms with Crippen LogP contribution in [-0.4, -0.2) is 55.2 Å². The van der Waals surface area contributed by atoms with E-state index in [2.05, 4.69) is 16.6 Å². The second-order valence-corrected chi connectivity index (χ2v) is 6.24. The van der Waals surface area contributed by atoms with Gasteiger partial charge >= 0.3 is 5.97 Å². The first-order chi connectivity index (χ1) is 12.1. The molecule has 1 fully saturated rings. The van der Waals surface area contributed by atoms with Crippen molar-refractivity contribution in [1.29, 1.82) is 0 Å². The number of nitrogens with one attached hydrogen (secondary N) is 1. The molecule has 1 aromatic carbocycles. The van der Waals surface area contributed by atoms with Crippen molar-refractivity contribution in [3.63, 3.8) is 0 Å². The number of esters is 1. The number of carbonyl (C=O) groups excluding carboxylic acids is 3. The predicted molar refractivity (Wildman–Crippen MR) is 94.1 cm³/mol. The van der Waals surface area contributed by atoms with Gasteiger partial charge < -0.3 is 19.7 Å². The Morgan fingerprint density at radius 3 is 2.92 bits per heavy atom. The van der Waals surface area contributed by atoms with E-state index in [1.807, 2.05) is 24.3 Å². The van der Waals surface area contributed by atoms with E-state index in [0.29, 0.717) is 12.4 Å². The average Bonchev–Trinajstić information content (AvgIpc) is 2.98. The van der Waals surface area contributed by atoms with Crippen molar-refractivity contribution in [1.82, 2.24) is 10.2 Å². The molecular weight excluding hydrogens is 344 g/mol. The highest BCUT2D eigenvalue weighted by Crippen LogP contribution is 2.42. The lowest BCUT2D eigenvalue weighted by atomic mass is 10.2. The van der Waals surface area contributed by atoms with E-state index >= 15 is 0 Å². The van der Waals surface area contributed by atoms with Crippen LogP contribution in [0.1, 0.15) is 10.9 Å². The molecule has 7 nitrogen and oxygen atoms in total. The number of hydrogen-bond donors (Lipinski definition) is 1. The maximum absolute atomic E-state index is 12.2. The van der Waals surface area contributed by atoms with Gasteiger partial charge in [0, 0.05) is 5.56 Å². The molecule has 1 N–H and O–H groups in total. The molecule has 1 aliphatic heterocycles. The third-order valence-electron chi connectivity index (χ3n) is 3.48. The second-order valence-electron chi connectivity index (χ2n) is 5.18. The van der Waals surface area contributed by atoms with Gasteiger partial charge in [-0.1, -0.05) is 30.9 Å². The van der Waals surface area contributed by atoms with E-state index in [1.165, 1.54) is 23.8 Å². The maximum Gasteiger partial charge on any atom is 0.325 e. The molecule has 134 valence electrons. The minimum Gasteiger partial charge on any atom is -0.489 e. The topological polar surface area (TPSA) is 84.9 Å². The molecule has 2 amide bonds. The minimum absolute atomic E-state index is 0.136. The molecular formula is C17H20N2O5S. The number of ether oxygens (including phenoxy) is 2. The molecule has 0 spiro atoms. The Morgan fingerprint density at radius 2 is 2.20 bits per heavy atom. The molecule has 1 aromatic rings. The molecule has 1 aliphatic rings. The monoisotopic (exact) mass is 364 g/mol. The third-order valence-corrected chi connectivity index (χ3v) is 4.72. The summed E-state index contributed by atoms with van der Waals surface area (Å²) in [5.41, 5.74) is 0.820. The van der Waals surface area contributed by atoms with Crippen molar-refractivity contribution in [2.24, 2.45) is 0 Å². The van der Waals surface area contributed by atoms with Crippen molar-refractivity contribution in [3.05, 3.63) is 42.5 Å². The van der Waals surface area contributed by atoms with Crippen LogP contribution in [0.15, 0.2) is 36.9 Å². The van der Waals surface area contributed by atoms with Crippen molar-refractivity contribution in [2.75, 3.05) is 32.6 Å². The number of carbonyl (C=O) groups is 3. The number of benzene rings is 1. The van der Waals surface area contributed by atoms with Gasteiger partial charge in [0.15, 0.2) is 0 Å². The Morgan fingerprint density at radius 1 is 1.44 bits per heavy atom. The summed E-state index contributed by atoms with van der Waals surface area (Å²) in [5.74, 6) is -0.174. The molecule has 2 rings (SSSR count). The number of thioether (sulfide) groups is 1. The largest absolute Gasteiger partial charge is 0.489 e. The smallest absolute Gasteiger partial charge is 0.325 e. The second kappa shape index (κ2) is 9.12. The van der Waals surface area contributed by atoms with Crippen LogP contribution in [-0.2, 0) is 19.1 Å².